The fraction of sp³-hybridized carbons (Fsp3) is 0.846. The second-order valence-electron chi connectivity index (χ2n) is 5.82. The molecule has 18 heavy (non-hydrogen) atoms. The van der Waals surface area contributed by atoms with E-state index in [2.05, 4.69) is 16.0 Å². The topological polar surface area (TPSA) is 70.2 Å². The van der Waals surface area contributed by atoms with Crippen molar-refractivity contribution in [3.8, 4) is 0 Å². The zero-order chi connectivity index (χ0) is 12.5. The van der Waals surface area contributed by atoms with Crippen LogP contribution in [0.15, 0.2) is 0 Å². The number of fused-ring (bicyclic) bond motifs is 1. The highest BCUT2D eigenvalue weighted by molar-refractivity contribution is 5.85. The van der Waals surface area contributed by atoms with Crippen LogP contribution in [0.4, 0.5) is 0 Å². The lowest BCUT2D eigenvalue weighted by Gasteiger charge is -2.24. The molecule has 5 nitrogen and oxygen atoms in total. The van der Waals surface area contributed by atoms with Crippen LogP contribution in [0, 0.1) is 5.92 Å². The Kier molecular flexibility index (Phi) is 3.24. The van der Waals surface area contributed by atoms with Gasteiger partial charge in [0.05, 0.1) is 12.1 Å². The van der Waals surface area contributed by atoms with E-state index in [4.69, 9.17) is 0 Å². The van der Waals surface area contributed by atoms with Gasteiger partial charge >= 0.3 is 0 Å². The molecule has 1 saturated carbocycles. The zero-order valence-electron chi connectivity index (χ0n) is 10.6. The van der Waals surface area contributed by atoms with Crippen LogP contribution < -0.4 is 16.0 Å². The fourth-order valence-corrected chi connectivity index (χ4v) is 3.53. The summed E-state index contributed by atoms with van der Waals surface area (Å²) in [6.45, 7) is 0.574. The molecule has 0 aromatic heterocycles. The van der Waals surface area contributed by atoms with Gasteiger partial charge in [0, 0.05) is 19.0 Å². The Bertz CT molecular complexity index is 344. The van der Waals surface area contributed by atoms with E-state index in [1.54, 1.807) is 0 Å². The summed E-state index contributed by atoms with van der Waals surface area (Å²) in [7, 11) is 0. The first-order chi connectivity index (χ1) is 8.72. The zero-order valence-corrected chi connectivity index (χ0v) is 10.6. The molecule has 5 heteroatoms. The number of hydrogen-bond acceptors (Lipinski definition) is 3. The summed E-state index contributed by atoms with van der Waals surface area (Å²) in [5.41, 5.74) is 0. The number of rotatable bonds is 2. The third-order valence-electron chi connectivity index (χ3n) is 4.50. The number of amides is 2. The van der Waals surface area contributed by atoms with E-state index >= 15 is 0 Å². The van der Waals surface area contributed by atoms with Crippen LogP contribution in [0.5, 0.6) is 0 Å². The molecular formula is C13H21N3O2. The van der Waals surface area contributed by atoms with Gasteiger partial charge in [-0.25, -0.2) is 0 Å². The Labute approximate surface area is 107 Å². The van der Waals surface area contributed by atoms with Crippen molar-refractivity contribution in [2.75, 3.05) is 6.54 Å². The van der Waals surface area contributed by atoms with E-state index in [1.807, 2.05) is 0 Å². The SMILES string of the molecule is O=C1CC(NC(=O)C2CC3CCCCC3N2)CN1. The third kappa shape index (κ3) is 2.36. The van der Waals surface area contributed by atoms with E-state index in [-0.39, 0.29) is 23.9 Å². The first-order valence-electron chi connectivity index (χ1n) is 7.05. The minimum atomic E-state index is -0.0474. The fourth-order valence-electron chi connectivity index (χ4n) is 3.53. The van der Waals surface area contributed by atoms with Crippen molar-refractivity contribution >= 4 is 11.8 Å². The first kappa shape index (κ1) is 12.0. The van der Waals surface area contributed by atoms with Gasteiger partial charge in [0.25, 0.3) is 0 Å². The van der Waals surface area contributed by atoms with Crippen LogP contribution in [0.3, 0.4) is 0 Å². The molecule has 4 atom stereocenters. The summed E-state index contributed by atoms with van der Waals surface area (Å²) in [6.07, 6.45) is 6.43. The highest BCUT2D eigenvalue weighted by Crippen LogP contribution is 2.33. The molecule has 1 aliphatic carbocycles. The summed E-state index contributed by atoms with van der Waals surface area (Å²) in [5, 5.41) is 9.18. The molecule has 3 aliphatic rings. The lowest BCUT2D eigenvalue weighted by atomic mass is 9.85. The minimum Gasteiger partial charge on any atom is -0.354 e. The lowest BCUT2D eigenvalue weighted by Crippen LogP contribution is -2.47. The van der Waals surface area contributed by atoms with E-state index < -0.39 is 0 Å². The maximum Gasteiger partial charge on any atom is 0.237 e. The Morgan fingerprint density at radius 3 is 2.83 bits per heavy atom. The Balaban J connectivity index is 1.52. The van der Waals surface area contributed by atoms with Crippen molar-refractivity contribution in [2.24, 2.45) is 5.92 Å². The minimum absolute atomic E-state index is 0.0190. The molecule has 3 N–H and O–H groups in total. The summed E-state index contributed by atoms with van der Waals surface area (Å²) < 4.78 is 0. The van der Waals surface area contributed by atoms with Gasteiger partial charge < -0.3 is 16.0 Å². The normalized spacial score (nSPS) is 39.2. The molecule has 0 bridgehead atoms. The third-order valence-corrected chi connectivity index (χ3v) is 4.50. The van der Waals surface area contributed by atoms with Crippen LogP contribution >= 0.6 is 0 Å². The second kappa shape index (κ2) is 4.88. The smallest absolute Gasteiger partial charge is 0.237 e. The largest absolute Gasteiger partial charge is 0.354 e. The first-order valence-corrected chi connectivity index (χ1v) is 7.05. The van der Waals surface area contributed by atoms with E-state index in [1.165, 1.54) is 25.7 Å². The molecule has 2 amide bonds. The van der Waals surface area contributed by atoms with Crippen molar-refractivity contribution in [3.05, 3.63) is 0 Å². The summed E-state index contributed by atoms with van der Waals surface area (Å²) in [6, 6.07) is 0.473. The molecule has 4 unspecified atom stereocenters. The Hall–Kier alpha value is -1.10. The average molecular weight is 251 g/mol. The van der Waals surface area contributed by atoms with Crippen molar-refractivity contribution in [3.63, 3.8) is 0 Å². The molecule has 2 saturated heterocycles. The maximum absolute atomic E-state index is 12.1. The monoisotopic (exact) mass is 251 g/mol. The average Bonchev–Trinajstić information content (AvgIpc) is 2.95. The van der Waals surface area contributed by atoms with Crippen molar-refractivity contribution < 1.29 is 9.59 Å². The predicted molar refractivity (Wildman–Crippen MR) is 66.8 cm³/mol. The molecule has 0 aromatic carbocycles. The lowest BCUT2D eigenvalue weighted by molar-refractivity contribution is -0.123. The number of hydrogen-bond donors (Lipinski definition) is 3. The van der Waals surface area contributed by atoms with Crippen LogP contribution in [0.1, 0.15) is 38.5 Å². The standard InChI is InChI=1S/C13H21N3O2/c17-12-6-9(7-14-12)15-13(18)11-5-8-3-1-2-4-10(8)16-11/h8-11,16H,1-7H2,(H,14,17)(H,15,18). The number of carbonyl (C=O) groups excluding carboxylic acids is 2. The number of nitrogens with one attached hydrogen (secondary N) is 3. The van der Waals surface area contributed by atoms with Gasteiger partial charge in [0.1, 0.15) is 0 Å². The van der Waals surface area contributed by atoms with Crippen molar-refractivity contribution in [1.82, 2.24) is 16.0 Å². The van der Waals surface area contributed by atoms with Crippen LogP contribution in [-0.4, -0.2) is 36.5 Å². The number of carbonyl (C=O) groups is 2. The van der Waals surface area contributed by atoms with Gasteiger partial charge in [-0.15, -0.1) is 0 Å². The van der Waals surface area contributed by atoms with Gasteiger partial charge in [0.15, 0.2) is 0 Å². The molecule has 3 rings (SSSR count). The van der Waals surface area contributed by atoms with Crippen molar-refractivity contribution in [2.45, 2.75) is 56.7 Å². The second-order valence-corrected chi connectivity index (χ2v) is 5.82. The molecule has 0 radical (unpaired) electrons. The molecule has 2 heterocycles. The Morgan fingerprint density at radius 1 is 1.28 bits per heavy atom. The molecule has 3 fully saturated rings. The molecule has 0 spiro atoms. The van der Waals surface area contributed by atoms with Crippen LogP contribution in [-0.2, 0) is 9.59 Å². The van der Waals surface area contributed by atoms with Crippen molar-refractivity contribution in [1.29, 1.82) is 0 Å². The quantitative estimate of drug-likeness (QED) is 0.642. The predicted octanol–water partition coefficient (Wildman–Crippen LogP) is -0.0882. The van der Waals surface area contributed by atoms with Crippen LogP contribution in [0.25, 0.3) is 0 Å². The van der Waals surface area contributed by atoms with Gasteiger partial charge in [-0.3, -0.25) is 9.59 Å². The maximum atomic E-state index is 12.1. The molecule has 2 aliphatic heterocycles. The van der Waals surface area contributed by atoms with E-state index in [0.29, 0.717) is 24.9 Å². The van der Waals surface area contributed by atoms with Gasteiger partial charge in [-0.2, -0.15) is 0 Å². The van der Waals surface area contributed by atoms with Crippen LogP contribution in [0.2, 0.25) is 0 Å². The summed E-state index contributed by atoms with van der Waals surface area (Å²) in [5.74, 6) is 0.789. The van der Waals surface area contributed by atoms with E-state index in [0.717, 1.165) is 6.42 Å². The molecule has 0 aromatic rings. The molecule has 100 valence electrons. The highest BCUT2D eigenvalue weighted by Gasteiger charge is 2.39. The van der Waals surface area contributed by atoms with Gasteiger partial charge in [0.2, 0.25) is 11.8 Å². The Morgan fingerprint density at radius 2 is 2.11 bits per heavy atom. The highest BCUT2D eigenvalue weighted by atomic mass is 16.2. The molecular weight excluding hydrogens is 230 g/mol. The van der Waals surface area contributed by atoms with Gasteiger partial charge in [-0.05, 0) is 25.2 Å². The van der Waals surface area contributed by atoms with E-state index in [9.17, 15) is 9.59 Å². The summed E-state index contributed by atoms with van der Waals surface area (Å²) in [4.78, 5) is 23.2. The van der Waals surface area contributed by atoms with Gasteiger partial charge in [-0.1, -0.05) is 12.8 Å². The summed E-state index contributed by atoms with van der Waals surface area (Å²) >= 11 is 0.